The van der Waals surface area contributed by atoms with Crippen molar-refractivity contribution < 1.29 is 4.74 Å². The molecule has 0 spiro atoms. The van der Waals surface area contributed by atoms with Crippen LogP contribution in [0, 0.1) is 0 Å². The normalized spacial score (nSPS) is 13.2. The monoisotopic (exact) mass is 423 g/mol. The van der Waals surface area contributed by atoms with Gasteiger partial charge in [-0.3, -0.25) is 9.29 Å². The van der Waals surface area contributed by atoms with Gasteiger partial charge in [0.25, 0.3) is 0 Å². The summed E-state index contributed by atoms with van der Waals surface area (Å²) in [7, 11) is 0. The van der Waals surface area contributed by atoms with Crippen molar-refractivity contribution in [2.45, 2.75) is 32.7 Å². The summed E-state index contributed by atoms with van der Waals surface area (Å²) in [6, 6.07) is 11.9. The van der Waals surface area contributed by atoms with Gasteiger partial charge in [-0.25, -0.2) is 0 Å². The van der Waals surface area contributed by atoms with Crippen LogP contribution in [0.15, 0.2) is 61.2 Å². The Morgan fingerprint density at radius 2 is 1.80 bits per heavy atom. The number of aromatic nitrogens is 5. The number of anilines is 1. The van der Waals surface area contributed by atoms with Gasteiger partial charge >= 0.3 is 0 Å². The molecule has 0 fully saturated rings. The molecule has 30 heavy (non-hydrogen) atoms. The molecule has 1 aliphatic heterocycles. The Balaban J connectivity index is 1.11. The van der Waals surface area contributed by atoms with Crippen molar-refractivity contribution in [2.24, 2.45) is 0 Å². The maximum atomic E-state index is 5.86. The number of tetrazole rings is 1. The van der Waals surface area contributed by atoms with Gasteiger partial charge in [-0.2, -0.15) is 4.80 Å². The summed E-state index contributed by atoms with van der Waals surface area (Å²) >= 11 is 1.71. The third kappa shape index (κ3) is 5.29. The number of nitrogens with zero attached hydrogens (tertiary/aromatic N) is 7. The van der Waals surface area contributed by atoms with Crippen molar-refractivity contribution in [1.29, 1.82) is 0 Å². The number of aryl methyl sites for hydroxylation is 1. The fraction of sp³-hybridized carbons (Fsp3) is 0.333. The number of hydrogen-bond acceptors (Lipinski definition) is 8. The molecule has 1 aliphatic rings. The lowest BCUT2D eigenvalue weighted by atomic mass is 10.2. The Morgan fingerprint density at radius 3 is 2.57 bits per heavy atom. The summed E-state index contributed by atoms with van der Waals surface area (Å²) in [6.45, 7) is 4.43. The molecular formula is C21H25N7OS. The molecular weight excluding hydrogens is 398 g/mol. The van der Waals surface area contributed by atoms with Gasteiger partial charge in [0.15, 0.2) is 0 Å². The molecule has 0 radical (unpaired) electrons. The van der Waals surface area contributed by atoms with Gasteiger partial charge in [0.1, 0.15) is 5.75 Å². The predicted molar refractivity (Wildman–Crippen MR) is 118 cm³/mol. The number of pyridine rings is 1. The Bertz CT molecular complexity index is 946. The second-order valence-electron chi connectivity index (χ2n) is 6.79. The Morgan fingerprint density at radius 1 is 0.967 bits per heavy atom. The number of unbranched alkanes of at least 4 members (excludes halogenated alkanes) is 2. The Kier molecular flexibility index (Phi) is 6.81. The van der Waals surface area contributed by atoms with E-state index in [1.54, 1.807) is 16.9 Å². The van der Waals surface area contributed by atoms with E-state index in [0.717, 1.165) is 49.4 Å². The number of ether oxygens (including phenoxy) is 1. The lowest BCUT2D eigenvalue weighted by molar-refractivity contribution is 0.304. The first-order valence-electron chi connectivity index (χ1n) is 10.1. The average molecular weight is 424 g/mol. The minimum Gasteiger partial charge on any atom is -0.494 e. The van der Waals surface area contributed by atoms with E-state index in [0.29, 0.717) is 12.4 Å². The van der Waals surface area contributed by atoms with Crippen molar-refractivity contribution >= 4 is 17.8 Å². The Hall–Kier alpha value is -3.07. The molecule has 0 aliphatic carbocycles. The standard InChI is InChI=1S/C21H25N7OS/c1-2-28-24-21(23-25-28)18-6-8-20(9-7-18)29-17-5-3-4-14-26-15-16-27(30-26)19-10-12-22-13-11-19/h6-13,15-16H,2-5,14,17H2,1H3. The van der Waals surface area contributed by atoms with Crippen LogP contribution in [0.5, 0.6) is 5.75 Å². The number of rotatable bonds is 10. The molecule has 1 aromatic carbocycles. The van der Waals surface area contributed by atoms with E-state index in [1.807, 2.05) is 55.7 Å². The van der Waals surface area contributed by atoms with Gasteiger partial charge in [0, 0.05) is 36.9 Å². The van der Waals surface area contributed by atoms with Crippen molar-refractivity contribution in [1.82, 2.24) is 29.5 Å². The highest BCUT2D eigenvalue weighted by atomic mass is 32.2. The fourth-order valence-corrected chi connectivity index (χ4v) is 3.84. The fourth-order valence-electron chi connectivity index (χ4n) is 2.97. The van der Waals surface area contributed by atoms with Crippen LogP contribution < -0.4 is 9.04 Å². The smallest absolute Gasteiger partial charge is 0.204 e. The van der Waals surface area contributed by atoms with Gasteiger partial charge in [-0.1, -0.05) is 0 Å². The van der Waals surface area contributed by atoms with E-state index in [9.17, 15) is 0 Å². The summed E-state index contributed by atoms with van der Waals surface area (Å²) in [5, 5.41) is 12.4. The van der Waals surface area contributed by atoms with Crippen LogP contribution in [-0.4, -0.2) is 42.6 Å². The molecule has 2 aromatic heterocycles. The van der Waals surface area contributed by atoms with Crippen molar-refractivity contribution in [3.8, 4) is 17.1 Å². The van der Waals surface area contributed by atoms with E-state index in [-0.39, 0.29) is 0 Å². The Labute approximate surface area is 180 Å². The zero-order valence-corrected chi connectivity index (χ0v) is 17.8. The van der Waals surface area contributed by atoms with E-state index in [2.05, 4.69) is 41.4 Å². The zero-order chi connectivity index (χ0) is 20.6. The maximum absolute atomic E-state index is 5.86. The van der Waals surface area contributed by atoms with Crippen LogP contribution in [0.3, 0.4) is 0 Å². The second-order valence-corrected chi connectivity index (χ2v) is 7.81. The first kappa shape index (κ1) is 20.2. The van der Waals surface area contributed by atoms with Crippen LogP contribution in [0.25, 0.3) is 11.4 Å². The van der Waals surface area contributed by atoms with Gasteiger partial charge in [-0.05, 0) is 67.8 Å². The van der Waals surface area contributed by atoms with E-state index in [1.165, 1.54) is 0 Å². The molecule has 4 rings (SSSR count). The third-order valence-corrected chi connectivity index (χ3v) is 5.64. The molecule has 0 unspecified atom stereocenters. The molecule has 156 valence electrons. The van der Waals surface area contributed by atoms with Crippen LogP contribution in [0.1, 0.15) is 26.2 Å². The summed E-state index contributed by atoms with van der Waals surface area (Å²) in [4.78, 5) is 5.64. The molecule has 3 aromatic rings. The van der Waals surface area contributed by atoms with Crippen LogP contribution in [0.4, 0.5) is 5.69 Å². The van der Waals surface area contributed by atoms with Gasteiger partial charge in [0.2, 0.25) is 5.82 Å². The second kappa shape index (κ2) is 10.1. The molecule has 8 nitrogen and oxygen atoms in total. The molecule has 9 heteroatoms. The minimum atomic E-state index is 0.639. The minimum absolute atomic E-state index is 0.639. The van der Waals surface area contributed by atoms with Crippen LogP contribution >= 0.6 is 12.1 Å². The van der Waals surface area contributed by atoms with E-state index < -0.39 is 0 Å². The highest BCUT2D eigenvalue weighted by molar-refractivity contribution is 7.98. The van der Waals surface area contributed by atoms with Crippen molar-refractivity contribution in [3.05, 3.63) is 61.2 Å². The topological polar surface area (TPSA) is 72.2 Å². The largest absolute Gasteiger partial charge is 0.494 e. The van der Waals surface area contributed by atoms with Crippen molar-refractivity contribution in [2.75, 3.05) is 17.5 Å². The van der Waals surface area contributed by atoms with Crippen LogP contribution in [-0.2, 0) is 6.54 Å². The molecule has 0 saturated carbocycles. The summed E-state index contributed by atoms with van der Waals surface area (Å²) in [5.74, 6) is 1.51. The number of hydrogen-bond donors (Lipinski definition) is 0. The van der Waals surface area contributed by atoms with Crippen LogP contribution in [0.2, 0.25) is 0 Å². The van der Waals surface area contributed by atoms with Crippen molar-refractivity contribution in [3.63, 3.8) is 0 Å². The van der Waals surface area contributed by atoms with Gasteiger partial charge in [-0.15, -0.1) is 10.2 Å². The summed E-state index contributed by atoms with van der Waals surface area (Å²) in [5.41, 5.74) is 2.08. The predicted octanol–water partition coefficient (Wildman–Crippen LogP) is 4.16. The van der Waals surface area contributed by atoms with E-state index >= 15 is 0 Å². The molecule has 0 saturated heterocycles. The maximum Gasteiger partial charge on any atom is 0.204 e. The SMILES string of the molecule is CCn1nnc(-c2ccc(OCCCCCN3C=CN(c4ccncc4)S3)cc2)n1. The highest BCUT2D eigenvalue weighted by Gasteiger charge is 2.15. The quantitative estimate of drug-likeness (QED) is 0.356. The van der Waals surface area contributed by atoms with Gasteiger partial charge < -0.3 is 9.04 Å². The first-order chi connectivity index (χ1) is 14.8. The molecule has 0 amide bonds. The molecule has 3 heterocycles. The third-order valence-electron chi connectivity index (χ3n) is 4.62. The highest BCUT2D eigenvalue weighted by Crippen LogP contribution is 2.30. The average Bonchev–Trinajstić information content (AvgIpc) is 3.47. The lowest BCUT2D eigenvalue weighted by Gasteiger charge is -2.18. The lowest BCUT2D eigenvalue weighted by Crippen LogP contribution is -2.11. The molecule has 0 bridgehead atoms. The van der Waals surface area contributed by atoms with Gasteiger partial charge in [0.05, 0.1) is 31.0 Å². The zero-order valence-electron chi connectivity index (χ0n) is 17.0. The molecule has 0 atom stereocenters. The summed E-state index contributed by atoms with van der Waals surface area (Å²) in [6.07, 6.45) is 11.1. The first-order valence-corrected chi connectivity index (χ1v) is 10.9. The molecule has 0 N–H and O–H groups in total. The van der Waals surface area contributed by atoms with E-state index in [4.69, 9.17) is 4.74 Å². The number of benzene rings is 1. The summed E-state index contributed by atoms with van der Waals surface area (Å²) < 4.78 is 10.3.